The van der Waals surface area contributed by atoms with Crippen molar-refractivity contribution >= 4 is 58.1 Å². The molecule has 2 amide bonds. The van der Waals surface area contributed by atoms with Gasteiger partial charge in [-0.05, 0) is 35.9 Å². The number of carbonyl (C=O) groups is 2. The van der Waals surface area contributed by atoms with E-state index in [1.807, 2.05) is 12.1 Å². The van der Waals surface area contributed by atoms with Gasteiger partial charge in [0.2, 0.25) is 5.91 Å². The molecule has 28 heavy (non-hydrogen) atoms. The average molecular weight is 436 g/mol. The molecule has 2 N–H and O–H groups in total. The maximum atomic E-state index is 12.5. The molecule has 0 saturated heterocycles. The SMILES string of the molecule is O=C(CC1C(=O)Nc2c(-c3ccc(Cl)cc3)cnn21)Nc1cc(Cl)ccc1Cl. The molecule has 1 aliphatic rings. The number of anilines is 2. The Hall–Kier alpha value is -2.54. The Bertz CT molecular complexity index is 1080. The Morgan fingerprint density at radius 2 is 1.82 bits per heavy atom. The molecule has 6 nitrogen and oxygen atoms in total. The summed E-state index contributed by atoms with van der Waals surface area (Å²) in [5, 5.41) is 11.2. The third kappa shape index (κ3) is 3.58. The van der Waals surface area contributed by atoms with E-state index in [4.69, 9.17) is 34.8 Å². The average Bonchev–Trinajstić information content (AvgIpc) is 3.19. The fourth-order valence-corrected chi connectivity index (χ4v) is 3.49. The van der Waals surface area contributed by atoms with Crippen molar-refractivity contribution in [1.29, 1.82) is 0 Å². The molecule has 142 valence electrons. The van der Waals surface area contributed by atoms with Crippen molar-refractivity contribution in [1.82, 2.24) is 9.78 Å². The number of nitrogens with one attached hydrogen (secondary N) is 2. The van der Waals surface area contributed by atoms with Gasteiger partial charge < -0.3 is 10.6 Å². The third-order valence-electron chi connectivity index (χ3n) is 4.37. The lowest BCUT2D eigenvalue weighted by molar-refractivity contribution is -0.123. The maximum Gasteiger partial charge on any atom is 0.251 e. The minimum absolute atomic E-state index is 0.0938. The van der Waals surface area contributed by atoms with E-state index in [9.17, 15) is 9.59 Å². The second-order valence-corrected chi connectivity index (χ2v) is 7.52. The van der Waals surface area contributed by atoms with Gasteiger partial charge in [-0.3, -0.25) is 9.59 Å². The number of benzene rings is 2. The fraction of sp³-hybridized carbons (Fsp3) is 0.105. The highest BCUT2D eigenvalue weighted by molar-refractivity contribution is 6.35. The summed E-state index contributed by atoms with van der Waals surface area (Å²) in [6.07, 6.45) is 1.56. The van der Waals surface area contributed by atoms with Crippen LogP contribution in [-0.4, -0.2) is 21.6 Å². The van der Waals surface area contributed by atoms with Gasteiger partial charge in [0, 0.05) is 15.6 Å². The first-order valence-electron chi connectivity index (χ1n) is 8.31. The lowest BCUT2D eigenvalue weighted by Crippen LogP contribution is -2.23. The van der Waals surface area contributed by atoms with Crippen molar-refractivity contribution in [2.75, 3.05) is 10.6 Å². The molecule has 1 aromatic heterocycles. The monoisotopic (exact) mass is 434 g/mol. The summed E-state index contributed by atoms with van der Waals surface area (Å²) in [7, 11) is 0. The second kappa shape index (κ2) is 7.47. The molecule has 0 saturated carbocycles. The van der Waals surface area contributed by atoms with E-state index in [0.717, 1.165) is 11.1 Å². The van der Waals surface area contributed by atoms with E-state index in [1.165, 1.54) is 4.68 Å². The van der Waals surface area contributed by atoms with Gasteiger partial charge in [0.05, 0.1) is 23.3 Å². The Morgan fingerprint density at radius 3 is 2.57 bits per heavy atom. The Morgan fingerprint density at radius 1 is 1.11 bits per heavy atom. The van der Waals surface area contributed by atoms with E-state index in [2.05, 4.69) is 15.7 Å². The van der Waals surface area contributed by atoms with Gasteiger partial charge in [0.25, 0.3) is 5.91 Å². The highest BCUT2D eigenvalue weighted by Crippen LogP contribution is 2.36. The van der Waals surface area contributed by atoms with Crippen LogP contribution >= 0.6 is 34.8 Å². The number of fused-ring (bicyclic) bond motifs is 1. The predicted octanol–water partition coefficient (Wildman–Crippen LogP) is 5.03. The molecule has 9 heteroatoms. The van der Waals surface area contributed by atoms with Crippen LogP contribution in [0.4, 0.5) is 11.5 Å². The molecule has 0 radical (unpaired) electrons. The summed E-state index contributed by atoms with van der Waals surface area (Å²) >= 11 is 17.9. The molecular weight excluding hydrogens is 423 g/mol. The molecule has 3 aromatic rings. The van der Waals surface area contributed by atoms with Crippen molar-refractivity contribution in [3.05, 3.63) is 63.7 Å². The smallest absolute Gasteiger partial charge is 0.251 e. The van der Waals surface area contributed by atoms with Crippen molar-refractivity contribution < 1.29 is 9.59 Å². The molecule has 1 unspecified atom stereocenters. The second-order valence-electron chi connectivity index (χ2n) is 6.24. The Balaban J connectivity index is 1.54. The zero-order chi connectivity index (χ0) is 19.8. The normalized spacial score (nSPS) is 15.2. The van der Waals surface area contributed by atoms with Crippen LogP contribution in [0.1, 0.15) is 12.5 Å². The standard InChI is InChI=1S/C19H13Cl3N4O2/c20-11-3-1-10(2-4-11)13-9-23-26-16(19(28)25-18(13)26)8-17(27)24-15-7-12(21)5-6-14(15)22/h1-7,9,16H,8H2,(H,24,27)(H,25,28). The summed E-state index contributed by atoms with van der Waals surface area (Å²) in [6, 6.07) is 11.2. The first-order valence-corrected chi connectivity index (χ1v) is 9.45. The highest BCUT2D eigenvalue weighted by atomic mass is 35.5. The first kappa shape index (κ1) is 18.8. The number of hydrogen-bond donors (Lipinski definition) is 2. The van der Waals surface area contributed by atoms with Crippen LogP contribution in [0.3, 0.4) is 0 Å². The third-order valence-corrected chi connectivity index (χ3v) is 5.19. The zero-order valence-electron chi connectivity index (χ0n) is 14.2. The van der Waals surface area contributed by atoms with Crippen molar-refractivity contribution in [3.63, 3.8) is 0 Å². The molecule has 4 rings (SSSR count). The predicted molar refractivity (Wildman–Crippen MR) is 110 cm³/mol. The molecule has 2 aromatic carbocycles. The van der Waals surface area contributed by atoms with Crippen LogP contribution in [0.5, 0.6) is 0 Å². The highest BCUT2D eigenvalue weighted by Gasteiger charge is 2.35. The number of carbonyl (C=O) groups excluding carboxylic acids is 2. The van der Waals surface area contributed by atoms with Crippen LogP contribution in [0.2, 0.25) is 15.1 Å². The number of rotatable bonds is 4. The zero-order valence-corrected chi connectivity index (χ0v) is 16.5. The molecular formula is C19H13Cl3N4O2. The van der Waals surface area contributed by atoms with E-state index < -0.39 is 6.04 Å². The lowest BCUT2D eigenvalue weighted by Gasteiger charge is -2.11. The molecule has 0 spiro atoms. The number of amides is 2. The molecule has 0 aliphatic carbocycles. The first-order chi connectivity index (χ1) is 13.4. The van der Waals surface area contributed by atoms with Crippen molar-refractivity contribution in [3.8, 4) is 11.1 Å². The van der Waals surface area contributed by atoms with E-state index in [-0.39, 0.29) is 18.2 Å². The van der Waals surface area contributed by atoms with Gasteiger partial charge in [-0.1, -0.05) is 46.9 Å². The van der Waals surface area contributed by atoms with Gasteiger partial charge in [0.1, 0.15) is 11.9 Å². The van der Waals surface area contributed by atoms with Gasteiger partial charge in [-0.15, -0.1) is 0 Å². The minimum atomic E-state index is -0.756. The van der Waals surface area contributed by atoms with E-state index in [0.29, 0.717) is 26.6 Å². The number of nitrogens with zero attached hydrogens (tertiary/aromatic N) is 2. The number of aromatic nitrogens is 2. The van der Waals surface area contributed by atoms with Crippen LogP contribution in [0, 0.1) is 0 Å². The maximum absolute atomic E-state index is 12.5. The van der Waals surface area contributed by atoms with Crippen LogP contribution in [-0.2, 0) is 9.59 Å². The largest absolute Gasteiger partial charge is 0.325 e. The molecule has 0 bridgehead atoms. The molecule has 1 aliphatic heterocycles. The van der Waals surface area contributed by atoms with Gasteiger partial charge in [0.15, 0.2) is 0 Å². The number of hydrogen-bond acceptors (Lipinski definition) is 3. The summed E-state index contributed by atoms with van der Waals surface area (Å²) in [5.41, 5.74) is 2.01. The summed E-state index contributed by atoms with van der Waals surface area (Å²) in [5.74, 6) is -0.128. The Kier molecular flexibility index (Phi) is 5.02. The van der Waals surface area contributed by atoms with Gasteiger partial charge in [-0.25, -0.2) is 4.68 Å². The summed E-state index contributed by atoms with van der Waals surface area (Å²) in [4.78, 5) is 24.9. The van der Waals surface area contributed by atoms with E-state index >= 15 is 0 Å². The fourth-order valence-electron chi connectivity index (χ4n) is 3.02. The lowest BCUT2D eigenvalue weighted by atomic mass is 10.1. The van der Waals surface area contributed by atoms with Crippen LogP contribution in [0.15, 0.2) is 48.7 Å². The van der Waals surface area contributed by atoms with Crippen molar-refractivity contribution in [2.45, 2.75) is 12.5 Å². The molecule has 0 fully saturated rings. The quantitative estimate of drug-likeness (QED) is 0.603. The number of halogens is 3. The van der Waals surface area contributed by atoms with Gasteiger partial charge in [-0.2, -0.15) is 5.10 Å². The summed E-state index contributed by atoms with van der Waals surface area (Å²) in [6.45, 7) is 0. The van der Waals surface area contributed by atoms with Crippen molar-refractivity contribution in [2.24, 2.45) is 0 Å². The van der Waals surface area contributed by atoms with Crippen LogP contribution < -0.4 is 10.6 Å². The molecule has 1 atom stereocenters. The van der Waals surface area contributed by atoms with E-state index in [1.54, 1.807) is 36.5 Å². The topological polar surface area (TPSA) is 76.0 Å². The minimum Gasteiger partial charge on any atom is -0.325 e. The summed E-state index contributed by atoms with van der Waals surface area (Å²) < 4.78 is 1.52. The van der Waals surface area contributed by atoms with Gasteiger partial charge >= 0.3 is 0 Å². The molecule has 2 heterocycles. The van der Waals surface area contributed by atoms with Crippen LogP contribution in [0.25, 0.3) is 11.1 Å². The Labute approximate surface area is 175 Å².